The molecule has 0 aliphatic heterocycles. The Morgan fingerprint density at radius 1 is 1.11 bits per heavy atom. The second-order valence-electron chi connectivity index (χ2n) is 5.34. The van der Waals surface area contributed by atoms with Crippen LogP contribution < -0.4 is 5.32 Å². The van der Waals surface area contributed by atoms with Gasteiger partial charge < -0.3 is 5.32 Å². The molecule has 1 aromatic carbocycles. The highest BCUT2D eigenvalue weighted by molar-refractivity contribution is 5.18. The van der Waals surface area contributed by atoms with E-state index in [1.165, 1.54) is 0 Å². The monoisotopic (exact) mass is 271 g/mol. The molecule has 19 heavy (non-hydrogen) atoms. The topological polar surface area (TPSA) is 12.0 Å². The summed E-state index contributed by atoms with van der Waals surface area (Å²) < 4.78 is 39.0. The molecule has 0 radical (unpaired) electrons. The zero-order chi connectivity index (χ0) is 13.9. The first-order chi connectivity index (χ1) is 8.98. The largest absolute Gasteiger partial charge is 0.393 e. The summed E-state index contributed by atoms with van der Waals surface area (Å²) in [5.74, 6) is -1.20. The van der Waals surface area contributed by atoms with Crippen molar-refractivity contribution in [2.45, 2.75) is 50.9 Å². The van der Waals surface area contributed by atoms with Crippen molar-refractivity contribution in [3.05, 3.63) is 35.9 Å². The molecule has 106 valence electrons. The lowest BCUT2D eigenvalue weighted by atomic mass is 9.83. The highest BCUT2D eigenvalue weighted by atomic mass is 19.4. The van der Waals surface area contributed by atoms with Crippen LogP contribution >= 0.6 is 0 Å². The van der Waals surface area contributed by atoms with Gasteiger partial charge in [0.1, 0.15) is 0 Å². The fraction of sp³-hybridized carbons (Fsp3) is 0.600. The van der Waals surface area contributed by atoms with Gasteiger partial charge in [0.15, 0.2) is 0 Å². The van der Waals surface area contributed by atoms with E-state index in [2.05, 4.69) is 5.32 Å². The molecular weight excluding hydrogens is 251 g/mol. The van der Waals surface area contributed by atoms with E-state index in [-0.39, 0.29) is 12.5 Å². The molecule has 0 bridgehead atoms. The van der Waals surface area contributed by atoms with Crippen molar-refractivity contribution < 1.29 is 13.2 Å². The lowest BCUT2D eigenvalue weighted by Gasteiger charge is -2.35. The van der Waals surface area contributed by atoms with Gasteiger partial charge in [-0.1, -0.05) is 43.2 Å². The van der Waals surface area contributed by atoms with Gasteiger partial charge >= 0.3 is 6.18 Å². The summed E-state index contributed by atoms with van der Waals surface area (Å²) >= 11 is 0. The minimum atomic E-state index is -4.09. The lowest BCUT2D eigenvalue weighted by molar-refractivity contribution is -0.189. The summed E-state index contributed by atoms with van der Waals surface area (Å²) in [6, 6.07) is 9.13. The highest BCUT2D eigenvalue weighted by Crippen LogP contribution is 2.38. The molecule has 0 saturated heterocycles. The highest BCUT2D eigenvalue weighted by Gasteiger charge is 2.45. The van der Waals surface area contributed by atoms with Gasteiger partial charge in [0.2, 0.25) is 0 Å². The van der Waals surface area contributed by atoms with E-state index in [9.17, 15) is 13.2 Å². The summed E-state index contributed by atoms with van der Waals surface area (Å²) in [6.07, 6.45) is -1.66. The van der Waals surface area contributed by atoms with Crippen LogP contribution in [0.1, 0.15) is 44.2 Å². The van der Waals surface area contributed by atoms with Gasteiger partial charge in [-0.3, -0.25) is 0 Å². The Kier molecular flexibility index (Phi) is 4.50. The molecule has 4 heteroatoms. The molecule has 1 saturated carbocycles. The smallest absolute Gasteiger partial charge is 0.307 e. The average molecular weight is 271 g/mol. The predicted octanol–water partition coefficient (Wildman–Crippen LogP) is 4.46. The van der Waals surface area contributed by atoms with Crippen LogP contribution in [-0.2, 0) is 0 Å². The number of nitrogens with one attached hydrogen (secondary N) is 1. The van der Waals surface area contributed by atoms with Gasteiger partial charge in [0, 0.05) is 12.1 Å². The second-order valence-corrected chi connectivity index (χ2v) is 5.34. The molecule has 3 atom stereocenters. The number of benzene rings is 1. The SMILES string of the molecule is CC(NC1CCCCC1C(F)(F)F)c1ccccc1. The molecule has 0 amide bonds. The van der Waals surface area contributed by atoms with Crippen LogP contribution in [0.2, 0.25) is 0 Å². The van der Waals surface area contributed by atoms with E-state index >= 15 is 0 Å². The minimum Gasteiger partial charge on any atom is -0.307 e. The lowest BCUT2D eigenvalue weighted by Crippen LogP contribution is -2.46. The van der Waals surface area contributed by atoms with Gasteiger partial charge in [-0.05, 0) is 25.3 Å². The summed E-state index contributed by atoms with van der Waals surface area (Å²) in [7, 11) is 0. The minimum absolute atomic E-state index is 0.0471. The summed E-state index contributed by atoms with van der Waals surface area (Å²) in [4.78, 5) is 0. The third kappa shape index (κ3) is 3.72. The van der Waals surface area contributed by atoms with E-state index in [4.69, 9.17) is 0 Å². The first-order valence-electron chi connectivity index (χ1n) is 6.86. The van der Waals surface area contributed by atoms with E-state index in [0.717, 1.165) is 12.0 Å². The number of rotatable bonds is 3. The van der Waals surface area contributed by atoms with Crippen molar-refractivity contribution in [1.29, 1.82) is 0 Å². The van der Waals surface area contributed by atoms with Crippen LogP contribution in [0.4, 0.5) is 13.2 Å². The molecule has 1 aromatic rings. The van der Waals surface area contributed by atoms with Crippen molar-refractivity contribution in [2.75, 3.05) is 0 Å². The van der Waals surface area contributed by atoms with E-state index in [1.807, 2.05) is 37.3 Å². The van der Waals surface area contributed by atoms with Crippen molar-refractivity contribution in [1.82, 2.24) is 5.32 Å². The molecule has 2 rings (SSSR count). The average Bonchev–Trinajstić information content (AvgIpc) is 2.39. The molecule has 1 fully saturated rings. The molecular formula is C15H20F3N. The van der Waals surface area contributed by atoms with Crippen molar-refractivity contribution in [3.8, 4) is 0 Å². The summed E-state index contributed by atoms with van der Waals surface area (Å²) in [6.45, 7) is 1.93. The standard InChI is InChI=1S/C15H20F3N/c1-11(12-7-3-2-4-8-12)19-14-10-6-5-9-13(14)15(16,17)18/h2-4,7-8,11,13-14,19H,5-6,9-10H2,1H3. The third-order valence-corrected chi connectivity index (χ3v) is 3.95. The Morgan fingerprint density at radius 2 is 1.74 bits per heavy atom. The Hall–Kier alpha value is -1.03. The molecule has 1 N–H and O–H groups in total. The van der Waals surface area contributed by atoms with Crippen LogP contribution in [0.25, 0.3) is 0 Å². The first kappa shape index (κ1) is 14.4. The summed E-state index contributed by atoms with van der Waals surface area (Å²) in [5, 5.41) is 3.17. The number of hydrogen-bond acceptors (Lipinski definition) is 1. The van der Waals surface area contributed by atoms with Crippen molar-refractivity contribution >= 4 is 0 Å². The number of halogens is 3. The quantitative estimate of drug-likeness (QED) is 0.856. The zero-order valence-corrected chi connectivity index (χ0v) is 11.1. The normalized spacial score (nSPS) is 26.1. The molecule has 1 aliphatic rings. The molecule has 0 spiro atoms. The molecule has 1 nitrogen and oxygen atoms in total. The van der Waals surface area contributed by atoms with Crippen LogP contribution in [0.3, 0.4) is 0 Å². The maximum atomic E-state index is 13.0. The van der Waals surface area contributed by atoms with Crippen molar-refractivity contribution in [2.24, 2.45) is 5.92 Å². The maximum absolute atomic E-state index is 13.0. The first-order valence-corrected chi connectivity index (χ1v) is 6.86. The number of hydrogen-bond donors (Lipinski definition) is 1. The van der Waals surface area contributed by atoms with Gasteiger partial charge in [-0.15, -0.1) is 0 Å². The van der Waals surface area contributed by atoms with Crippen LogP contribution in [0.5, 0.6) is 0 Å². The molecule has 3 unspecified atom stereocenters. The van der Waals surface area contributed by atoms with E-state index in [0.29, 0.717) is 12.8 Å². The van der Waals surface area contributed by atoms with Gasteiger partial charge in [-0.2, -0.15) is 13.2 Å². The summed E-state index contributed by atoms with van der Waals surface area (Å²) in [5.41, 5.74) is 1.04. The van der Waals surface area contributed by atoms with E-state index in [1.54, 1.807) is 0 Å². The Bertz CT molecular complexity index is 388. The molecule has 0 aromatic heterocycles. The van der Waals surface area contributed by atoms with Crippen LogP contribution in [-0.4, -0.2) is 12.2 Å². The zero-order valence-electron chi connectivity index (χ0n) is 11.1. The van der Waals surface area contributed by atoms with Gasteiger partial charge in [0.05, 0.1) is 5.92 Å². The second kappa shape index (κ2) is 5.95. The van der Waals surface area contributed by atoms with Crippen molar-refractivity contribution in [3.63, 3.8) is 0 Å². The van der Waals surface area contributed by atoms with Crippen LogP contribution in [0, 0.1) is 5.92 Å². The number of alkyl halides is 3. The maximum Gasteiger partial charge on any atom is 0.393 e. The van der Waals surface area contributed by atoms with Crippen LogP contribution in [0.15, 0.2) is 30.3 Å². The van der Waals surface area contributed by atoms with Gasteiger partial charge in [-0.25, -0.2) is 0 Å². The predicted molar refractivity (Wildman–Crippen MR) is 69.8 cm³/mol. The fourth-order valence-corrected chi connectivity index (χ4v) is 2.88. The van der Waals surface area contributed by atoms with Gasteiger partial charge in [0.25, 0.3) is 0 Å². The van der Waals surface area contributed by atoms with E-state index < -0.39 is 18.1 Å². The Morgan fingerprint density at radius 3 is 2.37 bits per heavy atom. The molecule has 1 aliphatic carbocycles. The fourth-order valence-electron chi connectivity index (χ4n) is 2.88. The Balaban J connectivity index is 2.04. The molecule has 0 heterocycles. The third-order valence-electron chi connectivity index (χ3n) is 3.95. The Labute approximate surface area is 112 Å².